The van der Waals surface area contributed by atoms with Crippen LogP contribution in [0.3, 0.4) is 0 Å². The van der Waals surface area contributed by atoms with Gasteiger partial charge in [-0.2, -0.15) is 9.59 Å². The molecule has 0 radical (unpaired) electrons. The Balaban J connectivity index is 1.69. The number of imide groups is 1. The first-order chi connectivity index (χ1) is 16.6. The van der Waals surface area contributed by atoms with E-state index in [9.17, 15) is 14.7 Å². The van der Waals surface area contributed by atoms with Crippen LogP contribution < -0.4 is 9.47 Å². The van der Waals surface area contributed by atoms with Crippen LogP contribution in [0.15, 0.2) is 54.6 Å². The Kier molecular flexibility index (Phi) is 6.67. The first-order valence-corrected chi connectivity index (χ1v) is 11.7. The van der Waals surface area contributed by atoms with Crippen molar-refractivity contribution in [2.45, 2.75) is 45.3 Å². The van der Waals surface area contributed by atoms with Crippen LogP contribution in [-0.4, -0.2) is 58.7 Å². The molecule has 8 heteroatoms. The van der Waals surface area contributed by atoms with Crippen molar-refractivity contribution in [3.63, 3.8) is 0 Å². The molecule has 2 unspecified atom stereocenters. The van der Waals surface area contributed by atoms with Gasteiger partial charge in [0.15, 0.2) is 0 Å². The number of methoxy groups -OCH3 is 1. The van der Waals surface area contributed by atoms with Gasteiger partial charge in [0.25, 0.3) is 0 Å². The second-order valence-corrected chi connectivity index (χ2v) is 9.72. The van der Waals surface area contributed by atoms with Gasteiger partial charge in [0.05, 0.1) is 18.3 Å². The van der Waals surface area contributed by atoms with Crippen molar-refractivity contribution in [2.75, 3.05) is 20.3 Å². The molecule has 1 aromatic heterocycles. The first-order valence-electron chi connectivity index (χ1n) is 11.7. The van der Waals surface area contributed by atoms with Gasteiger partial charge in [0.2, 0.25) is 0 Å². The van der Waals surface area contributed by atoms with Crippen molar-refractivity contribution in [2.24, 2.45) is 0 Å². The average molecular weight is 480 g/mol. The summed E-state index contributed by atoms with van der Waals surface area (Å²) in [6.07, 6.45) is -0.859. The van der Waals surface area contributed by atoms with E-state index in [1.165, 1.54) is 0 Å². The Morgan fingerprint density at radius 2 is 1.86 bits per heavy atom. The summed E-state index contributed by atoms with van der Waals surface area (Å²) < 4.78 is 16.3. The number of hydrogen-bond donors (Lipinski definition) is 1. The fourth-order valence-electron chi connectivity index (χ4n) is 4.47. The third kappa shape index (κ3) is 4.93. The maximum Gasteiger partial charge on any atom is 0.527 e. The Hall–Kier alpha value is -3.65. The van der Waals surface area contributed by atoms with E-state index < -0.39 is 28.3 Å². The van der Waals surface area contributed by atoms with Crippen molar-refractivity contribution in [3.8, 4) is 22.8 Å². The minimum atomic E-state index is -1.22. The number of benzene rings is 2. The van der Waals surface area contributed by atoms with Gasteiger partial charge in [0.1, 0.15) is 36.3 Å². The van der Waals surface area contributed by atoms with Crippen molar-refractivity contribution >= 4 is 23.1 Å². The molecule has 1 saturated heterocycles. The Morgan fingerprint density at radius 1 is 1.11 bits per heavy atom. The number of carbonyl (C=O) groups is 2. The van der Waals surface area contributed by atoms with Crippen LogP contribution in [0.5, 0.6) is 11.5 Å². The zero-order valence-corrected chi connectivity index (χ0v) is 20.5. The van der Waals surface area contributed by atoms with Gasteiger partial charge in [-0.15, -0.1) is 4.48 Å². The van der Waals surface area contributed by atoms with Gasteiger partial charge < -0.3 is 19.3 Å². The lowest BCUT2D eigenvalue weighted by molar-refractivity contribution is -0.799. The molecule has 0 saturated carbocycles. The molecule has 0 bridgehead atoms. The molecule has 1 fully saturated rings. The lowest BCUT2D eigenvalue weighted by atomic mass is 10.1. The number of carbonyl (C=O) groups excluding carboxylic acids is 1. The molecular weight excluding hydrogens is 448 g/mol. The maximum atomic E-state index is 13.1. The SMILES string of the molecule is COc1ccc2c(OCC3CCC[N+]3(C(=O)O)C(=O)OC(C)(C)C)cc(-c3ccccc3)nc2c1. The van der Waals surface area contributed by atoms with Crippen molar-refractivity contribution in [1.29, 1.82) is 0 Å². The third-order valence-corrected chi connectivity index (χ3v) is 6.21. The predicted molar refractivity (Wildman–Crippen MR) is 132 cm³/mol. The molecule has 2 amide bonds. The summed E-state index contributed by atoms with van der Waals surface area (Å²) >= 11 is 0. The molecule has 1 aliphatic heterocycles. The van der Waals surface area contributed by atoms with Crippen LogP contribution in [0.4, 0.5) is 9.59 Å². The molecule has 1 N–H and O–H groups in total. The third-order valence-electron chi connectivity index (χ3n) is 6.21. The van der Waals surface area contributed by atoms with Crippen LogP contribution >= 0.6 is 0 Å². The number of pyridine rings is 1. The molecule has 35 heavy (non-hydrogen) atoms. The van der Waals surface area contributed by atoms with E-state index in [1.807, 2.05) is 54.6 Å². The monoisotopic (exact) mass is 479 g/mol. The highest BCUT2D eigenvalue weighted by Crippen LogP contribution is 2.35. The van der Waals surface area contributed by atoms with Crippen molar-refractivity contribution in [3.05, 3.63) is 54.6 Å². The zero-order chi connectivity index (χ0) is 25.2. The summed E-state index contributed by atoms with van der Waals surface area (Å²) in [4.78, 5) is 30.2. The number of nitrogens with zero attached hydrogens (tertiary/aromatic N) is 2. The number of ether oxygens (including phenoxy) is 3. The predicted octanol–water partition coefficient (Wildman–Crippen LogP) is 5.88. The van der Waals surface area contributed by atoms with Gasteiger partial charge in [0, 0.05) is 35.9 Å². The highest BCUT2D eigenvalue weighted by atomic mass is 16.6. The number of carboxylic acid groups (broad SMARTS) is 1. The Morgan fingerprint density at radius 3 is 2.51 bits per heavy atom. The topological polar surface area (TPSA) is 95.0 Å². The first kappa shape index (κ1) is 24.5. The van der Waals surface area contributed by atoms with Crippen molar-refractivity contribution < 1.29 is 33.4 Å². The Bertz CT molecular complexity index is 1240. The number of likely N-dealkylation sites (tertiary alicyclic amines) is 1. The number of aromatic nitrogens is 1. The molecule has 1 aliphatic rings. The molecule has 2 atom stereocenters. The Labute approximate surface area is 204 Å². The summed E-state index contributed by atoms with van der Waals surface area (Å²) in [7, 11) is 1.60. The largest absolute Gasteiger partial charge is 0.527 e. The molecular formula is C27H31N2O6+. The molecule has 0 spiro atoms. The molecule has 2 heterocycles. The van der Waals surface area contributed by atoms with Crippen LogP contribution in [0, 0.1) is 0 Å². The minimum Gasteiger partial charge on any atom is -0.497 e. The van der Waals surface area contributed by atoms with Crippen LogP contribution in [0.1, 0.15) is 33.6 Å². The number of fused-ring (bicyclic) bond motifs is 1. The van der Waals surface area contributed by atoms with Gasteiger partial charge in [-0.3, -0.25) is 0 Å². The summed E-state index contributed by atoms with van der Waals surface area (Å²) in [6, 6.07) is 16.5. The highest BCUT2D eigenvalue weighted by molar-refractivity contribution is 5.89. The van der Waals surface area contributed by atoms with Crippen LogP contribution in [-0.2, 0) is 4.74 Å². The number of quaternary nitrogens is 1. The molecule has 0 aliphatic carbocycles. The second-order valence-electron chi connectivity index (χ2n) is 9.72. The number of hydrogen-bond acceptors (Lipinski definition) is 6. The van der Waals surface area contributed by atoms with E-state index in [0.717, 1.165) is 16.6 Å². The second kappa shape index (κ2) is 9.54. The van der Waals surface area contributed by atoms with E-state index in [2.05, 4.69) is 0 Å². The van der Waals surface area contributed by atoms with Gasteiger partial charge >= 0.3 is 12.2 Å². The molecule has 4 rings (SSSR count). The normalized spacial score (nSPS) is 19.9. The lowest BCUT2D eigenvalue weighted by Gasteiger charge is -2.32. The van der Waals surface area contributed by atoms with E-state index in [4.69, 9.17) is 19.2 Å². The standard InChI is InChI=1S/C27H30N2O6/c1-27(2,3)35-26(32)29(25(30)31)14-8-11-19(29)17-34-24-16-22(18-9-6-5-7-10-18)28-23-15-20(33-4)12-13-21(23)24/h5-7,9-10,12-13,15-16,19H,8,11,14,17H2,1-4H3/p+1. The fourth-order valence-corrected chi connectivity index (χ4v) is 4.47. The molecule has 8 nitrogen and oxygen atoms in total. The zero-order valence-electron chi connectivity index (χ0n) is 20.5. The van der Waals surface area contributed by atoms with Crippen LogP contribution in [0.2, 0.25) is 0 Å². The van der Waals surface area contributed by atoms with Crippen molar-refractivity contribution in [1.82, 2.24) is 4.98 Å². The molecule has 3 aromatic rings. The number of amides is 2. The summed E-state index contributed by atoms with van der Waals surface area (Å²) in [5.74, 6) is 1.24. The lowest BCUT2D eigenvalue weighted by Crippen LogP contribution is -2.62. The summed E-state index contributed by atoms with van der Waals surface area (Å²) in [6.45, 7) is 5.40. The maximum absolute atomic E-state index is 13.1. The highest BCUT2D eigenvalue weighted by Gasteiger charge is 2.58. The van der Waals surface area contributed by atoms with E-state index in [1.54, 1.807) is 27.9 Å². The number of rotatable bonds is 5. The van der Waals surface area contributed by atoms with Crippen LogP contribution in [0.25, 0.3) is 22.2 Å². The fraction of sp³-hybridized carbons (Fsp3) is 0.370. The quantitative estimate of drug-likeness (QED) is 0.457. The average Bonchev–Trinajstić information content (AvgIpc) is 3.26. The minimum absolute atomic E-state index is 0.0465. The molecule has 2 aromatic carbocycles. The van der Waals surface area contributed by atoms with Gasteiger partial charge in [-0.25, -0.2) is 4.98 Å². The summed E-state index contributed by atoms with van der Waals surface area (Å²) in [5.41, 5.74) is 1.54. The smallest absolute Gasteiger partial charge is 0.497 e. The van der Waals surface area contributed by atoms with E-state index in [0.29, 0.717) is 29.9 Å². The summed E-state index contributed by atoms with van der Waals surface area (Å²) in [5, 5.41) is 10.9. The van der Waals surface area contributed by atoms with Gasteiger partial charge in [-0.1, -0.05) is 30.3 Å². The van der Waals surface area contributed by atoms with E-state index in [-0.39, 0.29) is 13.2 Å². The van der Waals surface area contributed by atoms with E-state index >= 15 is 0 Å². The molecule has 184 valence electrons. The van der Waals surface area contributed by atoms with Gasteiger partial charge in [-0.05, 0) is 32.9 Å².